The SMILES string of the molecule is COc1ccccc1N1CCN(C(C)C(O)c2ccc3c(c2)CC(=O)N3)CC1.Cl. The van der Waals surface area contributed by atoms with Gasteiger partial charge in [-0.3, -0.25) is 9.69 Å². The lowest BCUT2D eigenvalue weighted by Gasteiger charge is -2.40. The van der Waals surface area contributed by atoms with Crippen LogP contribution in [0.4, 0.5) is 11.4 Å². The van der Waals surface area contributed by atoms with Gasteiger partial charge in [-0.05, 0) is 36.2 Å². The first-order chi connectivity index (χ1) is 13.6. The van der Waals surface area contributed by atoms with Crippen LogP contribution in [0.1, 0.15) is 24.2 Å². The number of carbonyl (C=O) groups is 1. The summed E-state index contributed by atoms with van der Waals surface area (Å²) in [6, 6.07) is 13.9. The number of nitrogens with zero attached hydrogens (tertiary/aromatic N) is 2. The van der Waals surface area contributed by atoms with Crippen LogP contribution in [0.5, 0.6) is 5.75 Å². The summed E-state index contributed by atoms with van der Waals surface area (Å²) in [6.07, 6.45) is -0.194. The van der Waals surface area contributed by atoms with Gasteiger partial charge >= 0.3 is 0 Å². The van der Waals surface area contributed by atoms with E-state index < -0.39 is 6.10 Å². The lowest BCUT2D eigenvalue weighted by molar-refractivity contribution is -0.115. The fourth-order valence-electron chi connectivity index (χ4n) is 4.17. The summed E-state index contributed by atoms with van der Waals surface area (Å²) in [6.45, 7) is 5.60. The highest BCUT2D eigenvalue weighted by molar-refractivity contribution is 5.99. The predicted molar refractivity (Wildman–Crippen MR) is 117 cm³/mol. The number of nitrogens with one attached hydrogen (secondary N) is 1. The van der Waals surface area contributed by atoms with E-state index in [9.17, 15) is 9.90 Å². The van der Waals surface area contributed by atoms with Gasteiger partial charge in [0.05, 0.1) is 25.3 Å². The van der Waals surface area contributed by atoms with Gasteiger partial charge in [-0.25, -0.2) is 0 Å². The number of halogens is 1. The average Bonchev–Trinajstić information content (AvgIpc) is 3.12. The van der Waals surface area contributed by atoms with Gasteiger partial charge in [0.1, 0.15) is 5.75 Å². The Balaban J connectivity index is 0.00000240. The molecule has 2 aromatic rings. The number of ether oxygens (including phenoxy) is 1. The van der Waals surface area contributed by atoms with Gasteiger partial charge in [0.25, 0.3) is 0 Å². The zero-order valence-electron chi connectivity index (χ0n) is 16.8. The number of carbonyl (C=O) groups excluding carboxylic acids is 1. The van der Waals surface area contributed by atoms with Crippen LogP contribution >= 0.6 is 12.4 Å². The minimum Gasteiger partial charge on any atom is -0.495 e. The third-order valence-electron chi connectivity index (χ3n) is 5.87. The summed E-state index contributed by atoms with van der Waals surface area (Å²) in [5.41, 5.74) is 3.82. The fraction of sp³-hybridized carbons (Fsp3) is 0.409. The van der Waals surface area contributed by atoms with Crippen molar-refractivity contribution in [3.63, 3.8) is 0 Å². The molecule has 2 heterocycles. The molecule has 1 fully saturated rings. The second-order valence-corrected chi connectivity index (χ2v) is 7.52. The predicted octanol–water partition coefficient (Wildman–Crippen LogP) is 2.86. The number of aliphatic hydroxyl groups excluding tert-OH is 1. The number of piperazine rings is 1. The highest BCUT2D eigenvalue weighted by Crippen LogP contribution is 2.31. The van der Waals surface area contributed by atoms with Crippen LogP contribution in [-0.4, -0.2) is 55.2 Å². The monoisotopic (exact) mass is 417 g/mol. The Morgan fingerprint density at radius 1 is 1.10 bits per heavy atom. The molecule has 2 aromatic carbocycles. The molecule has 0 aromatic heterocycles. The van der Waals surface area contributed by atoms with Gasteiger partial charge in [-0.1, -0.05) is 24.3 Å². The molecular formula is C22H28ClN3O3. The van der Waals surface area contributed by atoms with E-state index >= 15 is 0 Å². The largest absolute Gasteiger partial charge is 0.495 e. The van der Waals surface area contributed by atoms with Crippen molar-refractivity contribution < 1.29 is 14.6 Å². The van der Waals surface area contributed by atoms with Crippen molar-refractivity contribution in [1.29, 1.82) is 0 Å². The van der Waals surface area contributed by atoms with Crippen LogP contribution in [0.2, 0.25) is 0 Å². The minimum absolute atomic E-state index is 0. The van der Waals surface area contributed by atoms with Crippen LogP contribution in [0.25, 0.3) is 0 Å². The van der Waals surface area contributed by atoms with Crippen LogP contribution in [0, 0.1) is 0 Å². The Labute approximate surface area is 177 Å². The number of benzene rings is 2. The normalized spacial score (nSPS) is 18.4. The minimum atomic E-state index is -0.584. The van der Waals surface area contributed by atoms with Crippen molar-refractivity contribution in [2.75, 3.05) is 43.5 Å². The van der Waals surface area contributed by atoms with Crippen molar-refractivity contribution in [3.05, 3.63) is 53.6 Å². The average molecular weight is 418 g/mol. The number of aliphatic hydroxyl groups is 1. The highest BCUT2D eigenvalue weighted by atomic mass is 35.5. The van der Waals surface area contributed by atoms with E-state index in [-0.39, 0.29) is 24.4 Å². The van der Waals surface area contributed by atoms with E-state index in [0.717, 1.165) is 54.4 Å². The van der Waals surface area contributed by atoms with Gasteiger partial charge < -0.3 is 20.1 Å². The van der Waals surface area contributed by atoms with E-state index in [1.165, 1.54) is 0 Å². The van der Waals surface area contributed by atoms with E-state index in [4.69, 9.17) is 4.74 Å². The maximum absolute atomic E-state index is 11.6. The number of rotatable bonds is 5. The topological polar surface area (TPSA) is 65.0 Å². The number of anilines is 2. The maximum Gasteiger partial charge on any atom is 0.228 e. The van der Waals surface area contributed by atoms with E-state index in [1.54, 1.807) is 7.11 Å². The standard InChI is InChI=1S/C22H27N3O3.ClH/c1-15(22(27)16-7-8-18-17(13-16)14-21(26)23-18)24-9-11-25(12-10-24)19-5-3-4-6-20(19)28-2;/h3-8,13,15,22,27H,9-12,14H2,1-2H3,(H,23,26);1H. The summed E-state index contributed by atoms with van der Waals surface area (Å²) in [5.74, 6) is 0.910. The molecule has 2 atom stereocenters. The molecule has 2 aliphatic heterocycles. The number of fused-ring (bicyclic) bond motifs is 1. The zero-order chi connectivity index (χ0) is 19.7. The number of hydrogen-bond acceptors (Lipinski definition) is 5. The first kappa shape index (κ1) is 21.4. The smallest absolute Gasteiger partial charge is 0.228 e. The van der Waals surface area contributed by atoms with E-state index in [1.807, 2.05) is 36.4 Å². The number of amides is 1. The molecule has 2 N–H and O–H groups in total. The van der Waals surface area contributed by atoms with Crippen molar-refractivity contribution in [2.24, 2.45) is 0 Å². The molecule has 1 amide bonds. The second-order valence-electron chi connectivity index (χ2n) is 7.52. The zero-order valence-corrected chi connectivity index (χ0v) is 17.6. The third kappa shape index (κ3) is 4.34. The summed E-state index contributed by atoms with van der Waals surface area (Å²) in [4.78, 5) is 16.2. The molecule has 0 radical (unpaired) electrons. The Kier molecular flexibility index (Phi) is 6.67. The molecule has 156 valence electrons. The molecule has 2 aliphatic rings. The van der Waals surface area contributed by atoms with Crippen LogP contribution in [-0.2, 0) is 11.2 Å². The summed E-state index contributed by atoms with van der Waals surface area (Å²) < 4.78 is 5.49. The molecule has 0 aliphatic carbocycles. The molecule has 0 saturated carbocycles. The van der Waals surface area contributed by atoms with Gasteiger partial charge in [-0.2, -0.15) is 0 Å². The third-order valence-corrected chi connectivity index (χ3v) is 5.87. The molecular weight excluding hydrogens is 390 g/mol. The molecule has 2 unspecified atom stereocenters. The van der Waals surface area contributed by atoms with E-state index in [2.05, 4.69) is 28.1 Å². The Morgan fingerprint density at radius 2 is 1.83 bits per heavy atom. The lowest BCUT2D eigenvalue weighted by atomic mass is 9.98. The molecule has 6 nitrogen and oxygen atoms in total. The molecule has 29 heavy (non-hydrogen) atoms. The Hall–Kier alpha value is -2.28. The molecule has 4 rings (SSSR count). The fourth-order valence-corrected chi connectivity index (χ4v) is 4.17. The number of para-hydroxylation sites is 2. The first-order valence-corrected chi connectivity index (χ1v) is 9.79. The van der Waals surface area contributed by atoms with Gasteiger partial charge in [0.15, 0.2) is 0 Å². The van der Waals surface area contributed by atoms with Crippen molar-refractivity contribution >= 4 is 29.7 Å². The summed E-state index contributed by atoms with van der Waals surface area (Å²) >= 11 is 0. The molecule has 1 saturated heterocycles. The van der Waals surface area contributed by atoms with Crippen molar-refractivity contribution in [3.8, 4) is 5.75 Å². The maximum atomic E-state index is 11.6. The lowest BCUT2D eigenvalue weighted by Crippen LogP contribution is -2.51. The quantitative estimate of drug-likeness (QED) is 0.783. The van der Waals surface area contributed by atoms with Gasteiger partial charge in [-0.15, -0.1) is 12.4 Å². The number of hydrogen-bond donors (Lipinski definition) is 2. The molecule has 7 heteroatoms. The first-order valence-electron chi connectivity index (χ1n) is 9.79. The van der Waals surface area contributed by atoms with Crippen LogP contribution in [0.15, 0.2) is 42.5 Å². The highest BCUT2D eigenvalue weighted by Gasteiger charge is 2.28. The Morgan fingerprint density at radius 3 is 2.55 bits per heavy atom. The van der Waals surface area contributed by atoms with Crippen LogP contribution < -0.4 is 15.0 Å². The van der Waals surface area contributed by atoms with Crippen molar-refractivity contribution in [1.82, 2.24) is 4.90 Å². The van der Waals surface area contributed by atoms with Crippen LogP contribution in [0.3, 0.4) is 0 Å². The summed E-state index contributed by atoms with van der Waals surface area (Å²) in [5, 5.41) is 13.8. The second kappa shape index (κ2) is 9.03. The molecule has 0 spiro atoms. The van der Waals surface area contributed by atoms with Gasteiger partial charge in [0.2, 0.25) is 5.91 Å². The summed E-state index contributed by atoms with van der Waals surface area (Å²) in [7, 11) is 1.70. The van der Waals surface area contributed by atoms with Crippen molar-refractivity contribution in [2.45, 2.75) is 25.5 Å². The molecule has 0 bridgehead atoms. The number of methoxy groups -OCH3 is 1. The Bertz CT molecular complexity index is 868. The van der Waals surface area contributed by atoms with E-state index in [0.29, 0.717) is 6.42 Å². The van der Waals surface area contributed by atoms with Gasteiger partial charge in [0, 0.05) is 37.9 Å².